The summed E-state index contributed by atoms with van der Waals surface area (Å²) in [4.78, 5) is 17.9. The largest absolute Gasteiger partial charge is 0.480 e. The van der Waals surface area contributed by atoms with Gasteiger partial charge in [0.25, 0.3) is 0 Å². The van der Waals surface area contributed by atoms with Gasteiger partial charge in [0.15, 0.2) is 0 Å². The van der Waals surface area contributed by atoms with Crippen molar-refractivity contribution >= 4 is 17.0 Å². The molecule has 96 valence electrons. The number of aromatic amines is 1. The summed E-state index contributed by atoms with van der Waals surface area (Å²) < 4.78 is 0. The molecular weight excluding hydrogens is 232 g/mol. The Hall–Kier alpha value is -1.92. The molecule has 5 N–H and O–H groups in total. The summed E-state index contributed by atoms with van der Waals surface area (Å²) in [6.45, 7) is 0.372. The Morgan fingerprint density at radius 1 is 1.50 bits per heavy atom. The lowest BCUT2D eigenvalue weighted by Gasteiger charge is -2.09. The smallest absolute Gasteiger partial charge is 0.317 e. The van der Waals surface area contributed by atoms with Gasteiger partial charge in [0.2, 0.25) is 0 Å². The molecule has 18 heavy (non-hydrogen) atoms. The van der Waals surface area contributed by atoms with Crippen molar-refractivity contribution in [1.82, 2.24) is 15.3 Å². The Bertz CT molecular complexity index is 505. The van der Waals surface area contributed by atoms with Gasteiger partial charge in [-0.25, -0.2) is 4.98 Å². The lowest BCUT2D eigenvalue weighted by Crippen LogP contribution is -2.38. The maximum atomic E-state index is 10.3. The zero-order valence-electron chi connectivity index (χ0n) is 9.89. The molecule has 2 rings (SSSR count). The monoisotopic (exact) mass is 248 g/mol. The normalized spacial score (nSPS) is 12.7. The van der Waals surface area contributed by atoms with E-state index in [0.29, 0.717) is 13.0 Å². The first-order chi connectivity index (χ1) is 8.65. The van der Waals surface area contributed by atoms with Gasteiger partial charge in [0.05, 0.1) is 17.6 Å². The molecule has 1 atom stereocenters. The minimum Gasteiger partial charge on any atom is -0.480 e. The second-order valence-electron chi connectivity index (χ2n) is 4.19. The van der Waals surface area contributed by atoms with E-state index in [4.69, 9.17) is 10.8 Å². The van der Waals surface area contributed by atoms with Gasteiger partial charge >= 0.3 is 5.97 Å². The number of imidazole rings is 1. The van der Waals surface area contributed by atoms with Gasteiger partial charge in [0.1, 0.15) is 5.82 Å². The third kappa shape index (κ3) is 3.28. The SMILES string of the molecule is NC(CNCC(=O)O)Cc1nc2ccccc2[nH]1. The number of nitrogens with one attached hydrogen (secondary N) is 2. The van der Waals surface area contributed by atoms with Crippen molar-refractivity contribution in [2.24, 2.45) is 5.73 Å². The molecule has 0 aliphatic carbocycles. The quantitative estimate of drug-likeness (QED) is 0.580. The zero-order valence-corrected chi connectivity index (χ0v) is 9.89. The van der Waals surface area contributed by atoms with Crippen molar-refractivity contribution < 1.29 is 9.90 Å². The number of nitrogens with zero attached hydrogens (tertiary/aromatic N) is 1. The molecule has 6 heteroatoms. The van der Waals surface area contributed by atoms with Gasteiger partial charge in [-0.15, -0.1) is 0 Å². The van der Waals surface area contributed by atoms with Crippen LogP contribution in [-0.2, 0) is 11.2 Å². The molecule has 1 aromatic heterocycles. The second-order valence-corrected chi connectivity index (χ2v) is 4.19. The van der Waals surface area contributed by atoms with Crippen LogP contribution in [0.25, 0.3) is 11.0 Å². The summed E-state index contributed by atoms with van der Waals surface area (Å²) in [7, 11) is 0. The van der Waals surface area contributed by atoms with Crippen LogP contribution < -0.4 is 11.1 Å². The van der Waals surface area contributed by atoms with E-state index in [2.05, 4.69) is 15.3 Å². The van der Waals surface area contributed by atoms with Crippen LogP contribution in [0.2, 0.25) is 0 Å². The molecule has 2 aromatic rings. The van der Waals surface area contributed by atoms with Gasteiger partial charge in [-0.1, -0.05) is 12.1 Å². The average Bonchev–Trinajstić information content (AvgIpc) is 2.70. The number of nitrogens with two attached hydrogens (primary N) is 1. The number of H-pyrrole nitrogens is 1. The Labute approximate surface area is 104 Å². The minimum absolute atomic E-state index is 0.0756. The second kappa shape index (κ2) is 5.61. The molecule has 0 fully saturated rings. The molecule has 0 bridgehead atoms. The third-order valence-corrected chi connectivity index (χ3v) is 2.58. The molecule has 0 amide bonds. The summed E-state index contributed by atoms with van der Waals surface area (Å²) in [5.41, 5.74) is 7.80. The highest BCUT2D eigenvalue weighted by atomic mass is 16.4. The molecule has 0 aliphatic rings. The van der Waals surface area contributed by atoms with Crippen LogP contribution in [0.5, 0.6) is 0 Å². The number of carbonyl (C=O) groups is 1. The average molecular weight is 248 g/mol. The number of aliphatic carboxylic acids is 1. The number of carboxylic acids is 1. The van der Waals surface area contributed by atoms with E-state index < -0.39 is 5.97 Å². The third-order valence-electron chi connectivity index (χ3n) is 2.58. The van der Waals surface area contributed by atoms with Crippen LogP contribution >= 0.6 is 0 Å². The maximum Gasteiger partial charge on any atom is 0.317 e. The van der Waals surface area contributed by atoms with Gasteiger partial charge in [0, 0.05) is 19.0 Å². The van der Waals surface area contributed by atoms with E-state index in [1.165, 1.54) is 0 Å². The van der Waals surface area contributed by atoms with Gasteiger partial charge in [-0.05, 0) is 12.1 Å². The summed E-state index contributed by atoms with van der Waals surface area (Å²) in [6.07, 6.45) is 0.585. The highest BCUT2D eigenvalue weighted by Gasteiger charge is 2.08. The van der Waals surface area contributed by atoms with E-state index >= 15 is 0 Å². The number of fused-ring (bicyclic) bond motifs is 1. The first-order valence-corrected chi connectivity index (χ1v) is 5.77. The van der Waals surface area contributed by atoms with Gasteiger partial charge < -0.3 is 21.1 Å². The van der Waals surface area contributed by atoms with Crippen molar-refractivity contribution in [2.75, 3.05) is 13.1 Å². The van der Waals surface area contributed by atoms with Crippen LogP contribution in [0.1, 0.15) is 5.82 Å². The Morgan fingerprint density at radius 3 is 3.00 bits per heavy atom. The summed E-state index contributed by atoms with van der Waals surface area (Å²) in [5, 5.41) is 11.3. The summed E-state index contributed by atoms with van der Waals surface area (Å²) in [5.74, 6) is -0.0632. The first kappa shape index (κ1) is 12.5. The van der Waals surface area contributed by atoms with E-state index in [1.54, 1.807) is 0 Å². The van der Waals surface area contributed by atoms with Crippen LogP contribution in [0, 0.1) is 0 Å². The predicted octanol–water partition coefficient (Wildman–Crippen LogP) is 0.107. The minimum atomic E-state index is -0.883. The van der Waals surface area contributed by atoms with E-state index in [9.17, 15) is 4.79 Å². The molecule has 0 radical (unpaired) electrons. The summed E-state index contributed by atoms with van der Waals surface area (Å²) >= 11 is 0. The molecule has 1 aromatic carbocycles. The van der Waals surface area contributed by atoms with Crippen molar-refractivity contribution in [1.29, 1.82) is 0 Å². The van der Waals surface area contributed by atoms with E-state index in [1.807, 2.05) is 24.3 Å². The molecule has 6 nitrogen and oxygen atoms in total. The maximum absolute atomic E-state index is 10.3. The number of benzene rings is 1. The highest BCUT2D eigenvalue weighted by molar-refractivity contribution is 5.74. The lowest BCUT2D eigenvalue weighted by atomic mass is 10.2. The molecule has 0 saturated heterocycles. The first-order valence-electron chi connectivity index (χ1n) is 5.77. The number of para-hydroxylation sites is 2. The number of rotatable bonds is 6. The fourth-order valence-corrected chi connectivity index (χ4v) is 1.79. The van der Waals surface area contributed by atoms with Gasteiger partial charge in [-0.3, -0.25) is 4.79 Å². The highest BCUT2D eigenvalue weighted by Crippen LogP contribution is 2.10. The zero-order chi connectivity index (χ0) is 13.0. The number of hydrogen-bond donors (Lipinski definition) is 4. The van der Waals surface area contributed by atoms with Crippen LogP contribution in [0.4, 0.5) is 0 Å². The lowest BCUT2D eigenvalue weighted by molar-refractivity contribution is -0.135. The fourth-order valence-electron chi connectivity index (χ4n) is 1.79. The topological polar surface area (TPSA) is 104 Å². The standard InChI is InChI=1S/C12H16N4O2/c13-8(6-14-7-12(17)18)5-11-15-9-3-1-2-4-10(9)16-11/h1-4,8,14H,5-7,13H2,(H,15,16)(H,17,18). The molecule has 0 aliphatic heterocycles. The molecule has 0 saturated carbocycles. The predicted molar refractivity (Wildman–Crippen MR) is 68.3 cm³/mol. The molecule has 1 unspecified atom stereocenters. The molecular formula is C12H16N4O2. The number of carboxylic acid groups (broad SMARTS) is 1. The Morgan fingerprint density at radius 2 is 2.28 bits per heavy atom. The van der Waals surface area contributed by atoms with Crippen LogP contribution in [0.15, 0.2) is 24.3 Å². The molecule has 1 heterocycles. The molecule has 0 spiro atoms. The van der Waals surface area contributed by atoms with E-state index in [0.717, 1.165) is 16.9 Å². The van der Waals surface area contributed by atoms with Crippen molar-refractivity contribution in [2.45, 2.75) is 12.5 Å². The number of aromatic nitrogens is 2. The van der Waals surface area contributed by atoms with Crippen LogP contribution in [-0.4, -0.2) is 40.2 Å². The van der Waals surface area contributed by atoms with Gasteiger partial charge in [-0.2, -0.15) is 0 Å². The number of hydrogen-bond acceptors (Lipinski definition) is 4. The van der Waals surface area contributed by atoms with Crippen molar-refractivity contribution in [3.8, 4) is 0 Å². The Kier molecular flexibility index (Phi) is 3.91. The van der Waals surface area contributed by atoms with Crippen molar-refractivity contribution in [3.63, 3.8) is 0 Å². The van der Waals surface area contributed by atoms with Crippen LogP contribution in [0.3, 0.4) is 0 Å². The van der Waals surface area contributed by atoms with Crippen molar-refractivity contribution in [3.05, 3.63) is 30.1 Å². The fraction of sp³-hybridized carbons (Fsp3) is 0.333. The summed E-state index contributed by atoms with van der Waals surface area (Å²) in [6, 6.07) is 7.61. The Balaban J connectivity index is 1.90. The van der Waals surface area contributed by atoms with E-state index in [-0.39, 0.29) is 12.6 Å².